The van der Waals surface area contributed by atoms with Crippen molar-refractivity contribution < 1.29 is 13.2 Å². The maximum Gasteiger partial charge on any atom is 0.213 e. The van der Waals surface area contributed by atoms with Gasteiger partial charge < -0.3 is 15.4 Å². The van der Waals surface area contributed by atoms with Crippen molar-refractivity contribution >= 4 is 16.0 Å². The number of hydrogen-bond donors (Lipinski definition) is 2. The highest BCUT2D eigenvalue weighted by molar-refractivity contribution is 7.89. The lowest BCUT2D eigenvalue weighted by molar-refractivity contribution is -0.106. The number of nitrogens with zero attached hydrogens (tertiary/aromatic N) is 2. The van der Waals surface area contributed by atoms with Gasteiger partial charge in [0.2, 0.25) is 10.0 Å². The van der Waals surface area contributed by atoms with Gasteiger partial charge >= 0.3 is 0 Å². The molecule has 26 heavy (non-hydrogen) atoms. The molecule has 7 nitrogen and oxygen atoms in total. The van der Waals surface area contributed by atoms with Gasteiger partial charge in [-0.3, -0.25) is 4.99 Å². The van der Waals surface area contributed by atoms with Crippen LogP contribution in [-0.2, 0) is 14.8 Å². The van der Waals surface area contributed by atoms with Gasteiger partial charge in [-0.15, -0.1) is 0 Å². The average molecular weight is 387 g/mol. The van der Waals surface area contributed by atoms with E-state index in [4.69, 9.17) is 4.74 Å². The van der Waals surface area contributed by atoms with Crippen LogP contribution in [-0.4, -0.2) is 68.9 Å². The molecule has 0 aromatic rings. The van der Waals surface area contributed by atoms with Crippen molar-refractivity contribution in [2.24, 2.45) is 16.3 Å². The molecule has 2 heterocycles. The van der Waals surface area contributed by atoms with Crippen molar-refractivity contribution in [3.05, 3.63) is 0 Å². The minimum atomic E-state index is -3.08. The van der Waals surface area contributed by atoms with Gasteiger partial charge in [-0.1, -0.05) is 13.8 Å². The van der Waals surface area contributed by atoms with Crippen molar-refractivity contribution in [1.82, 2.24) is 14.9 Å². The molecule has 2 saturated heterocycles. The zero-order chi connectivity index (χ0) is 18.9. The average Bonchev–Trinajstić information content (AvgIpc) is 3.07. The molecule has 3 unspecified atom stereocenters. The topological polar surface area (TPSA) is 83.0 Å². The summed E-state index contributed by atoms with van der Waals surface area (Å²) in [5, 5.41) is 7.18. The van der Waals surface area contributed by atoms with E-state index in [0.717, 1.165) is 38.4 Å². The first kappa shape index (κ1) is 19.9. The summed E-state index contributed by atoms with van der Waals surface area (Å²) in [6.45, 7) is 11.0. The molecule has 1 saturated carbocycles. The van der Waals surface area contributed by atoms with Gasteiger partial charge in [0.25, 0.3) is 0 Å². The molecule has 0 aromatic heterocycles. The molecule has 0 amide bonds. The second kappa shape index (κ2) is 7.64. The van der Waals surface area contributed by atoms with Gasteiger partial charge in [0, 0.05) is 49.7 Å². The lowest BCUT2D eigenvalue weighted by atomic mass is 9.57. The Balaban J connectivity index is 1.56. The number of nitrogens with one attached hydrogen (secondary N) is 2. The van der Waals surface area contributed by atoms with Crippen LogP contribution in [0.25, 0.3) is 0 Å². The minimum Gasteiger partial charge on any atom is -0.377 e. The quantitative estimate of drug-likeness (QED) is 0.547. The van der Waals surface area contributed by atoms with Crippen LogP contribution >= 0.6 is 0 Å². The fourth-order valence-corrected chi connectivity index (χ4v) is 5.84. The lowest BCUT2D eigenvalue weighted by Crippen LogP contribution is -2.68. The molecule has 3 rings (SSSR count). The first-order valence-electron chi connectivity index (χ1n) is 9.96. The van der Waals surface area contributed by atoms with Crippen LogP contribution in [0, 0.1) is 11.3 Å². The number of ether oxygens (including phenoxy) is 1. The highest BCUT2D eigenvalue weighted by Gasteiger charge is 2.59. The second-order valence-corrected chi connectivity index (χ2v) is 10.5. The molecule has 0 bridgehead atoms. The summed E-state index contributed by atoms with van der Waals surface area (Å²) in [4.78, 5) is 4.63. The molecule has 2 N–H and O–H groups in total. The SMILES string of the molecule is CCN=C(NC1CCN(S(=O)(=O)CC)CC1)NC1C2CCOC2C1(C)C. The number of hydrogen-bond acceptors (Lipinski definition) is 4. The Morgan fingerprint density at radius 1 is 1.19 bits per heavy atom. The normalized spacial score (nSPS) is 32.8. The Morgan fingerprint density at radius 3 is 2.50 bits per heavy atom. The monoisotopic (exact) mass is 386 g/mol. The molecular formula is C18H34N4O3S. The number of sulfonamides is 1. The molecule has 8 heteroatoms. The first-order chi connectivity index (χ1) is 12.3. The van der Waals surface area contributed by atoms with Crippen LogP contribution < -0.4 is 10.6 Å². The summed E-state index contributed by atoms with van der Waals surface area (Å²) in [5.74, 6) is 1.59. The van der Waals surface area contributed by atoms with Crippen molar-refractivity contribution in [1.29, 1.82) is 0 Å². The van der Waals surface area contributed by atoms with Crippen molar-refractivity contribution in [2.45, 2.75) is 65.1 Å². The van der Waals surface area contributed by atoms with E-state index >= 15 is 0 Å². The molecule has 0 aromatic carbocycles. The van der Waals surface area contributed by atoms with E-state index in [1.54, 1.807) is 11.2 Å². The van der Waals surface area contributed by atoms with Crippen LogP contribution in [0.2, 0.25) is 0 Å². The molecular weight excluding hydrogens is 352 g/mol. The van der Waals surface area contributed by atoms with E-state index < -0.39 is 10.0 Å². The predicted molar refractivity (Wildman–Crippen MR) is 104 cm³/mol. The van der Waals surface area contributed by atoms with Crippen LogP contribution in [0.5, 0.6) is 0 Å². The Labute approximate surface area is 158 Å². The summed E-state index contributed by atoms with van der Waals surface area (Å²) in [6.07, 6.45) is 3.09. The van der Waals surface area contributed by atoms with E-state index in [1.807, 2.05) is 6.92 Å². The van der Waals surface area contributed by atoms with Gasteiger partial charge in [-0.05, 0) is 33.1 Å². The molecule has 3 aliphatic rings. The smallest absolute Gasteiger partial charge is 0.213 e. The Kier molecular flexibility index (Phi) is 5.84. The van der Waals surface area contributed by atoms with Gasteiger partial charge in [-0.25, -0.2) is 12.7 Å². The third kappa shape index (κ3) is 3.73. The molecule has 3 atom stereocenters. The van der Waals surface area contributed by atoms with Gasteiger partial charge in [0.1, 0.15) is 0 Å². The summed E-state index contributed by atoms with van der Waals surface area (Å²) >= 11 is 0. The van der Waals surface area contributed by atoms with E-state index in [2.05, 4.69) is 29.5 Å². The molecule has 3 fully saturated rings. The molecule has 150 valence electrons. The van der Waals surface area contributed by atoms with Crippen LogP contribution in [0.15, 0.2) is 4.99 Å². The zero-order valence-corrected chi connectivity index (χ0v) is 17.3. The number of fused-ring (bicyclic) bond motifs is 1. The maximum absolute atomic E-state index is 12.0. The fraction of sp³-hybridized carbons (Fsp3) is 0.944. The van der Waals surface area contributed by atoms with Gasteiger partial charge in [0.15, 0.2) is 5.96 Å². The predicted octanol–water partition coefficient (Wildman–Crippen LogP) is 1.17. The summed E-state index contributed by atoms with van der Waals surface area (Å²) in [5.41, 5.74) is 0.107. The number of guanidine groups is 1. The summed E-state index contributed by atoms with van der Waals surface area (Å²) in [6, 6.07) is 0.628. The van der Waals surface area contributed by atoms with E-state index in [0.29, 0.717) is 31.2 Å². The Morgan fingerprint density at radius 2 is 1.88 bits per heavy atom. The number of aliphatic imine (C=N–C) groups is 1. The van der Waals surface area contributed by atoms with Gasteiger partial charge in [-0.2, -0.15) is 0 Å². The highest BCUT2D eigenvalue weighted by Crippen LogP contribution is 2.52. The van der Waals surface area contributed by atoms with Crippen molar-refractivity contribution in [3.63, 3.8) is 0 Å². The largest absolute Gasteiger partial charge is 0.377 e. The van der Waals surface area contributed by atoms with E-state index in [1.165, 1.54) is 0 Å². The highest BCUT2D eigenvalue weighted by atomic mass is 32.2. The molecule has 0 spiro atoms. The van der Waals surface area contributed by atoms with Crippen LogP contribution in [0.3, 0.4) is 0 Å². The molecule has 2 aliphatic heterocycles. The van der Waals surface area contributed by atoms with Crippen LogP contribution in [0.1, 0.15) is 47.0 Å². The summed E-state index contributed by atoms with van der Waals surface area (Å²) in [7, 11) is -3.08. The minimum absolute atomic E-state index is 0.107. The summed E-state index contributed by atoms with van der Waals surface area (Å²) < 4.78 is 31.5. The Bertz CT molecular complexity index is 626. The number of piperidine rings is 1. The third-order valence-corrected chi connectivity index (χ3v) is 8.14. The second-order valence-electron chi connectivity index (χ2n) is 8.23. The van der Waals surface area contributed by atoms with Gasteiger partial charge in [0.05, 0.1) is 11.9 Å². The first-order valence-corrected chi connectivity index (χ1v) is 11.6. The Hall–Kier alpha value is -0.860. The standard InChI is InChI=1S/C18H34N4O3S/c1-5-19-17(21-15-14-9-12-25-16(14)18(15,3)4)20-13-7-10-22(11-8-13)26(23,24)6-2/h13-16H,5-12H2,1-4H3,(H2,19,20,21). The van der Waals surface area contributed by atoms with E-state index in [-0.39, 0.29) is 17.2 Å². The van der Waals surface area contributed by atoms with E-state index in [9.17, 15) is 8.42 Å². The maximum atomic E-state index is 12.0. The fourth-order valence-electron chi connectivity index (χ4n) is 4.71. The molecule has 0 radical (unpaired) electrons. The molecule has 1 aliphatic carbocycles. The third-order valence-electron chi connectivity index (χ3n) is 6.26. The van der Waals surface area contributed by atoms with Crippen molar-refractivity contribution in [2.75, 3.05) is 32.0 Å². The lowest BCUT2D eigenvalue weighted by Gasteiger charge is -2.55. The number of rotatable bonds is 5. The zero-order valence-electron chi connectivity index (χ0n) is 16.5. The van der Waals surface area contributed by atoms with Crippen molar-refractivity contribution in [3.8, 4) is 0 Å². The van der Waals surface area contributed by atoms with Crippen LogP contribution in [0.4, 0.5) is 0 Å².